The second-order valence-corrected chi connectivity index (χ2v) is 47.7. The van der Waals surface area contributed by atoms with Gasteiger partial charge in [-0.2, -0.15) is 39.5 Å². The Hall–Kier alpha value is -8.84. The van der Waals surface area contributed by atoms with E-state index in [2.05, 4.69) is 101 Å². The molecule has 38 heteroatoms. The summed E-state index contributed by atoms with van der Waals surface area (Å²) in [4.78, 5) is 45.5. The van der Waals surface area contributed by atoms with Gasteiger partial charge in [0.25, 0.3) is 5.92 Å². The number of carbonyl (C=O) groups excluding carboxylic acids is 3. The first-order valence-electron chi connectivity index (χ1n) is 43.2. The average molecular weight is 2040 g/mol. The van der Waals surface area contributed by atoms with Crippen LogP contribution < -0.4 is 0 Å². The Morgan fingerprint density at radius 2 is 0.555 bits per heavy atom. The molecule has 0 radical (unpaired) electrons. The van der Waals surface area contributed by atoms with Crippen LogP contribution in [0.15, 0.2) is 262 Å². The molecule has 0 saturated carbocycles. The van der Waals surface area contributed by atoms with Crippen LogP contribution in [0.1, 0.15) is 202 Å². The zero-order valence-corrected chi connectivity index (χ0v) is 83.2. The van der Waals surface area contributed by atoms with Crippen LogP contribution in [-0.4, -0.2) is 142 Å². The van der Waals surface area contributed by atoms with E-state index in [0.29, 0.717) is 45.1 Å². The molecule has 8 atom stereocenters. The van der Waals surface area contributed by atoms with E-state index in [4.69, 9.17) is 28.4 Å². The van der Waals surface area contributed by atoms with Crippen LogP contribution in [0.4, 0.5) is 48.3 Å². The minimum atomic E-state index is -6.07. The first kappa shape index (κ1) is 110. The normalized spacial score (nSPS) is 20.6. The molecule has 9 aromatic rings. The summed E-state index contributed by atoms with van der Waals surface area (Å²) in [7, 11) is -20.3. The molecule has 0 spiro atoms. The fraction of sp³-hybridized carbons (Fsp3) is 0.424. The van der Waals surface area contributed by atoms with E-state index in [0.717, 1.165) is 80.5 Å². The highest BCUT2D eigenvalue weighted by Gasteiger charge is 2.58. The lowest BCUT2D eigenvalue weighted by Gasteiger charge is -2.44. The molecule has 744 valence electrons. The van der Waals surface area contributed by atoms with Gasteiger partial charge in [-0.25, -0.2) is 48.4 Å². The van der Waals surface area contributed by atoms with E-state index in [1.165, 1.54) is 42.0 Å². The standard InChI is InChI=1S/C34H38F4O7S2.C33H35F5O7S2.C32H36F2O7S2/c1-21(2)29-33(35,36)20-43-32(7,45-29)25-12-18-28(19-13-25)46(27-16-10-24(11-17-27)31(4,5)6)26-14-8-23(9-15-26)30(39)44-22(3)34(37,38)47(40,41)42;1-21(32(34,35)47(40,41)42)45-28(39)22-7-13-25(14-8-22)46(26-15-9-23(10-16-26)29(2,3)4)27-17-11-24(12-18-27)31(6)43-19-30(5,20-44-31)33(36,37)38;1-22(32(33,34)43(36,37)38)41-29(35)23-8-14-26(15-9-23)42(27-16-10-24(11-17-27)30(2,3)4)28-18-12-25(13-19-28)31(5)39-20-6-7-21-40-31/h8-19,21-22,29H,20H2,1-7H3;7-18,21H,19-20H2,1-6H3;8-19,22H,6-7,20-21H2,1-5H3. The van der Waals surface area contributed by atoms with Crippen LogP contribution in [-0.2, 0) is 139 Å². The third-order valence-corrected chi connectivity index (χ3v) is 32.9. The number of benzene rings is 9. The Bertz CT molecular complexity index is 6030. The predicted molar refractivity (Wildman–Crippen MR) is 489 cm³/mol. The van der Waals surface area contributed by atoms with Crippen molar-refractivity contribution in [3.63, 3.8) is 0 Å². The van der Waals surface area contributed by atoms with Crippen molar-refractivity contribution in [3.05, 3.63) is 268 Å². The minimum Gasteiger partial charge on any atom is -0.743 e. The fourth-order valence-corrected chi connectivity index (χ4v) is 21.8. The molecule has 8 unspecified atom stereocenters. The van der Waals surface area contributed by atoms with E-state index < -0.39 is 182 Å². The second kappa shape index (κ2) is 41.8. The number of ether oxygens (including phenoxy) is 9. The summed E-state index contributed by atoms with van der Waals surface area (Å²) >= 11 is 0. The van der Waals surface area contributed by atoms with Gasteiger partial charge in [-0.15, -0.1) is 0 Å². The third-order valence-electron chi connectivity index (χ3n) is 23.2. The SMILES string of the molecule is CC(C)C1OC(C)(c2ccc([S+](c3ccc(C(=O)OC(C)C(F)(F)S(=O)(=O)[O-])cc3)c3ccc(C(C)(C)C)cc3)cc2)OCC1(F)F.CC(OC(=O)c1ccc([S+](c2ccc(C(C)(C)C)cc2)c2ccc(C3(C)OCC(C)(C(F)(F)F)CO3)cc2)cc1)C(F)(F)S(=O)(=O)[O-].CC(OC(=O)c1ccc([S+](c2ccc(C(C)(C)C)cc2)c2ccc(C3(C)OCCCCO3)cc2)cc1)C(F)(F)S(=O)(=O)[O-]. The van der Waals surface area contributed by atoms with E-state index in [1.54, 1.807) is 100 Å². The number of esters is 3. The number of hydrogen-bond donors (Lipinski definition) is 0. The molecule has 21 nitrogen and oxygen atoms in total. The first-order chi connectivity index (χ1) is 63.1. The van der Waals surface area contributed by atoms with Gasteiger partial charge in [-0.05, 0) is 282 Å². The number of hydrogen-bond acceptors (Lipinski definition) is 21. The highest BCUT2D eigenvalue weighted by Crippen LogP contribution is 2.49. The summed E-state index contributed by atoms with van der Waals surface area (Å²) < 4.78 is 300. The molecule has 3 aliphatic rings. The molecule has 12 rings (SSSR count). The fourth-order valence-electron chi connectivity index (χ4n) is 14.3. The summed E-state index contributed by atoms with van der Waals surface area (Å²) in [6.07, 6.45) is -11.4. The molecule has 0 aliphatic carbocycles. The molecule has 3 fully saturated rings. The Balaban J connectivity index is 0.000000212. The van der Waals surface area contributed by atoms with Crippen molar-refractivity contribution in [2.45, 2.75) is 267 Å². The van der Waals surface area contributed by atoms with Crippen molar-refractivity contribution < 1.29 is 144 Å². The summed E-state index contributed by atoms with van der Waals surface area (Å²) in [5.74, 6) is -10.9. The lowest BCUT2D eigenvalue weighted by atomic mass is 9.87. The Kier molecular flexibility index (Phi) is 33.6. The first-order valence-corrected chi connectivity index (χ1v) is 51.1. The highest BCUT2D eigenvalue weighted by molar-refractivity contribution is 7.97. The summed E-state index contributed by atoms with van der Waals surface area (Å²) in [6, 6.07) is 64.8. The molecule has 3 heterocycles. The van der Waals surface area contributed by atoms with Gasteiger partial charge in [0.1, 0.15) is 18.1 Å². The summed E-state index contributed by atoms with van der Waals surface area (Å²) in [5, 5.41) is -14.4. The number of alkyl halides is 11. The van der Waals surface area contributed by atoms with Crippen molar-refractivity contribution in [2.75, 3.05) is 33.0 Å². The number of rotatable bonds is 25. The summed E-state index contributed by atoms with van der Waals surface area (Å²) in [5.41, 5.74) is 2.63. The van der Waals surface area contributed by atoms with Crippen molar-refractivity contribution in [3.8, 4) is 0 Å². The van der Waals surface area contributed by atoms with Crippen molar-refractivity contribution in [1.82, 2.24) is 0 Å². The minimum absolute atomic E-state index is 0.0334. The van der Waals surface area contributed by atoms with Crippen LogP contribution in [0.2, 0.25) is 0 Å². The number of halogens is 11. The van der Waals surface area contributed by atoms with Crippen molar-refractivity contribution in [1.29, 1.82) is 0 Å². The number of carbonyl (C=O) groups is 3. The topological polar surface area (TPSA) is 306 Å². The zero-order valence-electron chi connectivity index (χ0n) is 78.3. The quantitative estimate of drug-likeness (QED) is 0.0169. The van der Waals surface area contributed by atoms with Crippen LogP contribution in [0.5, 0.6) is 0 Å². The maximum atomic E-state index is 14.5. The zero-order chi connectivity index (χ0) is 102. The maximum Gasteiger partial charge on any atom is 0.398 e. The van der Waals surface area contributed by atoms with Gasteiger partial charge in [0.2, 0.25) is 0 Å². The van der Waals surface area contributed by atoms with Crippen LogP contribution in [0.25, 0.3) is 0 Å². The smallest absolute Gasteiger partial charge is 0.398 e. The van der Waals surface area contributed by atoms with Gasteiger partial charge < -0.3 is 56.3 Å². The van der Waals surface area contributed by atoms with Crippen molar-refractivity contribution >= 4 is 80.9 Å². The Morgan fingerprint density at radius 1 is 0.343 bits per heavy atom. The Labute approximate surface area is 800 Å². The van der Waals surface area contributed by atoms with Crippen LogP contribution in [0, 0.1) is 11.3 Å². The van der Waals surface area contributed by atoms with Crippen LogP contribution in [0.3, 0.4) is 0 Å². The highest BCUT2D eigenvalue weighted by atomic mass is 32.2. The van der Waals surface area contributed by atoms with Gasteiger partial charge in [0.05, 0.1) is 75.8 Å². The molecular formula is C99H109F11O21S6. The van der Waals surface area contributed by atoms with Gasteiger partial charge in [-0.3, -0.25) is 0 Å². The Morgan fingerprint density at radius 3 is 0.774 bits per heavy atom. The maximum absolute atomic E-state index is 14.5. The van der Waals surface area contributed by atoms with Crippen LogP contribution >= 0.6 is 0 Å². The molecule has 3 aliphatic heterocycles. The molecule has 0 bridgehead atoms. The van der Waals surface area contributed by atoms with E-state index in [-0.39, 0.29) is 32.9 Å². The largest absolute Gasteiger partial charge is 0.743 e. The van der Waals surface area contributed by atoms with E-state index in [9.17, 15) is 102 Å². The third kappa shape index (κ3) is 25.7. The molecular weight excluding hydrogens is 1930 g/mol. The lowest BCUT2D eigenvalue weighted by Crippen LogP contribution is -2.54. The average Bonchev–Trinajstić information content (AvgIpc) is 0.893. The van der Waals surface area contributed by atoms with E-state index >= 15 is 0 Å². The molecule has 137 heavy (non-hydrogen) atoms. The van der Waals surface area contributed by atoms with Gasteiger partial charge in [0, 0.05) is 16.7 Å². The molecule has 9 aromatic carbocycles. The molecule has 3 saturated heterocycles. The van der Waals surface area contributed by atoms with Gasteiger partial charge >= 0.3 is 39.8 Å². The van der Waals surface area contributed by atoms with Gasteiger partial charge in [-0.1, -0.05) is 113 Å². The summed E-state index contributed by atoms with van der Waals surface area (Å²) in [6.45, 7) is 29.6. The van der Waals surface area contributed by atoms with Crippen molar-refractivity contribution in [2.24, 2.45) is 11.3 Å². The lowest BCUT2D eigenvalue weighted by molar-refractivity contribution is -0.368. The monoisotopic (exact) mass is 2030 g/mol. The second-order valence-electron chi connectivity index (χ2n) is 37.3. The van der Waals surface area contributed by atoms with E-state index in [1.807, 2.05) is 91.9 Å². The predicted octanol–water partition coefficient (Wildman–Crippen LogP) is 22.0. The molecule has 0 N–H and O–H groups in total. The molecule has 0 aromatic heterocycles. The molecule has 0 amide bonds. The van der Waals surface area contributed by atoms with Gasteiger partial charge in [0.15, 0.2) is 110 Å².